The summed E-state index contributed by atoms with van der Waals surface area (Å²) in [6.45, 7) is 3.07. The van der Waals surface area contributed by atoms with Crippen molar-refractivity contribution >= 4 is 56.0 Å². The summed E-state index contributed by atoms with van der Waals surface area (Å²) < 4.78 is 27.7. The average molecular weight is 502 g/mol. The van der Waals surface area contributed by atoms with Gasteiger partial charge in [-0.25, -0.2) is 8.42 Å². The molecule has 1 amide bonds. The van der Waals surface area contributed by atoms with E-state index in [1.165, 1.54) is 43.3 Å². The van der Waals surface area contributed by atoms with Crippen molar-refractivity contribution < 1.29 is 18.1 Å². The van der Waals surface area contributed by atoms with Crippen LogP contribution < -0.4 is 15.5 Å². The van der Waals surface area contributed by atoms with E-state index in [-0.39, 0.29) is 22.2 Å². The first-order valence-corrected chi connectivity index (χ1v) is 11.7. The molecule has 3 rings (SSSR count). The largest absolute Gasteiger partial charge is 0.326 e. The number of carbonyl (C=O) groups is 1. The number of nitro benzene ring substituents is 1. The van der Waals surface area contributed by atoms with Gasteiger partial charge in [-0.1, -0.05) is 23.7 Å². The zero-order valence-electron chi connectivity index (χ0n) is 18.1. The van der Waals surface area contributed by atoms with Crippen LogP contribution in [0.2, 0.25) is 5.02 Å². The number of halogens is 1. The van der Waals surface area contributed by atoms with E-state index < -0.39 is 20.6 Å². The number of amides is 1. The van der Waals surface area contributed by atoms with Gasteiger partial charge in [0.05, 0.1) is 15.5 Å². The van der Waals surface area contributed by atoms with Crippen molar-refractivity contribution in [2.75, 3.05) is 15.5 Å². The quantitative estimate of drug-likeness (QED) is 0.229. The molecule has 0 atom stereocenters. The SMILES string of the molecule is CC(=O)Nc1cccc(/C(C)=N/Nc2ccc(S(=O)(=O)Nc3ccc(Cl)cc3)cc2[N+](=O)[O-])c1. The predicted molar refractivity (Wildman–Crippen MR) is 132 cm³/mol. The minimum atomic E-state index is -4.08. The molecule has 0 aliphatic rings. The highest BCUT2D eigenvalue weighted by molar-refractivity contribution is 7.92. The van der Waals surface area contributed by atoms with Gasteiger partial charge in [-0.15, -0.1) is 0 Å². The lowest BCUT2D eigenvalue weighted by Gasteiger charge is -2.10. The summed E-state index contributed by atoms with van der Waals surface area (Å²) in [5.74, 6) is -0.221. The van der Waals surface area contributed by atoms with Gasteiger partial charge >= 0.3 is 0 Å². The first-order chi connectivity index (χ1) is 16.0. The second-order valence-corrected chi connectivity index (χ2v) is 9.24. The first kappa shape index (κ1) is 24.7. The molecule has 0 aliphatic heterocycles. The van der Waals surface area contributed by atoms with E-state index in [2.05, 4.69) is 20.6 Å². The van der Waals surface area contributed by atoms with E-state index in [1.54, 1.807) is 31.2 Å². The number of nitrogens with zero attached hydrogens (tertiary/aromatic N) is 2. The van der Waals surface area contributed by atoms with Crippen LogP contribution in [0.15, 0.2) is 76.7 Å². The van der Waals surface area contributed by atoms with Crippen LogP contribution in [-0.2, 0) is 14.8 Å². The van der Waals surface area contributed by atoms with Gasteiger partial charge in [0.2, 0.25) is 5.91 Å². The van der Waals surface area contributed by atoms with Gasteiger partial charge in [0, 0.05) is 29.4 Å². The maximum absolute atomic E-state index is 12.7. The van der Waals surface area contributed by atoms with E-state index in [9.17, 15) is 23.3 Å². The van der Waals surface area contributed by atoms with Crippen LogP contribution in [0.3, 0.4) is 0 Å². The number of sulfonamides is 1. The highest BCUT2D eigenvalue weighted by atomic mass is 35.5. The third-order valence-electron chi connectivity index (χ3n) is 4.52. The molecule has 0 aromatic heterocycles. The fourth-order valence-corrected chi connectivity index (χ4v) is 4.09. The van der Waals surface area contributed by atoms with Gasteiger partial charge in [-0.2, -0.15) is 5.10 Å². The Balaban J connectivity index is 1.85. The molecule has 34 heavy (non-hydrogen) atoms. The molecule has 3 N–H and O–H groups in total. The number of rotatable bonds is 8. The minimum absolute atomic E-state index is 0.00723. The molecule has 3 aromatic rings. The van der Waals surface area contributed by atoms with Crippen molar-refractivity contribution in [2.24, 2.45) is 5.10 Å². The molecule has 0 unspecified atom stereocenters. The van der Waals surface area contributed by atoms with Gasteiger partial charge < -0.3 is 5.32 Å². The van der Waals surface area contributed by atoms with Crippen LogP contribution in [0.4, 0.5) is 22.7 Å². The summed E-state index contributed by atoms with van der Waals surface area (Å²) in [7, 11) is -4.08. The zero-order valence-corrected chi connectivity index (χ0v) is 19.6. The predicted octanol–water partition coefficient (Wildman–Crippen LogP) is 4.84. The molecule has 10 nitrogen and oxygen atoms in total. The molecule has 0 aliphatic carbocycles. The first-order valence-electron chi connectivity index (χ1n) is 9.80. The van der Waals surface area contributed by atoms with E-state index in [0.717, 1.165) is 6.07 Å². The number of benzene rings is 3. The van der Waals surface area contributed by atoms with Gasteiger partial charge in [-0.3, -0.25) is 25.1 Å². The Morgan fingerprint density at radius 3 is 2.35 bits per heavy atom. The van der Waals surface area contributed by atoms with Crippen LogP contribution in [-0.4, -0.2) is 25.0 Å². The Bertz CT molecular complexity index is 1370. The lowest BCUT2D eigenvalue weighted by atomic mass is 10.1. The standard InChI is InChI=1S/C22H20ClN5O5S/c1-14(16-4-3-5-19(12-16)24-15(2)29)25-26-21-11-10-20(13-22(21)28(30)31)34(32,33)27-18-8-6-17(23)7-9-18/h3-13,26-27H,1-2H3,(H,24,29)/b25-14+. The highest BCUT2D eigenvalue weighted by Gasteiger charge is 2.21. The number of nitrogens with one attached hydrogen (secondary N) is 3. The Morgan fingerprint density at radius 1 is 1.00 bits per heavy atom. The Morgan fingerprint density at radius 2 is 1.71 bits per heavy atom. The van der Waals surface area contributed by atoms with Gasteiger partial charge in [-0.05, 0) is 61.0 Å². The Hall–Kier alpha value is -3.96. The van der Waals surface area contributed by atoms with Crippen LogP contribution in [0.1, 0.15) is 19.4 Å². The Labute approximate surface area is 200 Å². The van der Waals surface area contributed by atoms with Crippen molar-refractivity contribution in [1.29, 1.82) is 0 Å². The van der Waals surface area contributed by atoms with E-state index in [1.807, 2.05) is 0 Å². The summed E-state index contributed by atoms with van der Waals surface area (Å²) in [5, 5.41) is 18.9. The molecule has 0 radical (unpaired) electrons. The fourth-order valence-electron chi connectivity index (χ4n) is 2.89. The second-order valence-electron chi connectivity index (χ2n) is 7.12. The van der Waals surface area contributed by atoms with Gasteiger partial charge in [0.15, 0.2) is 0 Å². The van der Waals surface area contributed by atoms with E-state index in [0.29, 0.717) is 22.0 Å². The number of anilines is 3. The van der Waals surface area contributed by atoms with Crippen LogP contribution in [0.5, 0.6) is 0 Å². The lowest BCUT2D eigenvalue weighted by molar-refractivity contribution is -0.384. The van der Waals surface area contributed by atoms with Crippen LogP contribution >= 0.6 is 11.6 Å². The molecule has 176 valence electrons. The normalized spacial score (nSPS) is 11.6. The van der Waals surface area contributed by atoms with Crippen molar-refractivity contribution in [3.05, 3.63) is 87.4 Å². The van der Waals surface area contributed by atoms with Crippen LogP contribution in [0, 0.1) is 10.1 Å². The average Bonchev–Trinajstić information content (AvgIpc) is 2.78. The molecule has 0 bridgehead atoms. The van der Waals surface area contributed by atoms with Crippen molar-refractivity contribution in [3.8, 4) is 0 Å². The molecule has 0 fully saturated rings. The lowest BCUT2D eigenvalue weighted by Crippen LogP contribution is -2.13. The second kappa shape index (κ2) is 10.3. The van der Waals surface area contributed by atoms with Crippen molar-refractivity contribution in [3.63, 3.8) is 0 Å². The van der Waals surface area contributed by atoms with Gasteiger partial charge in [0.25, 0.3) is 15.7 Å². The van der Waals surface area contributed by atoms with E-state index >= 15 is 0 Å². The topological polar surface area (TPSA) is 143 Å². The fraction of sp³-hybridized carbons (Fsp3) is 0.0909. The number of hydrazone groups is 1. The molecule has 0 saturated heterocycles. The third-order valence-corrected chi connectivity index (χ3v) is 6.15. The van der Waals surface area contributed by atoms with E-state index in [4.69, 9.17) is 11.6 Å². The highest BCUT2D eigenvalue weighted by Crippen LogP contribution is 2.29. The zero-order chi connectivity index (χ0) is 24.9. The summed E-state index contributed by atoms with van der Waals surface area (Å²) >= 11 is 5.81. The monoisotopic (exact) mass is 501 g/mol. The molecule has 3 aromatic carbocycles. The summed E-state index contributed by atoms with van der Waals surface area (Å²) in [6, 6.07) is 16.3. The third kappa shape index (κ3) is 6.30. The maximum atomic E-state index is 12.7. The molecule has 0 heterocycles. The summed E-state index contributed by atoms with van der Waals surface area (Å²) in [6.07, 6.45) is 0. The molecule has 0 saturated carbocycles. The molecule has 0 spiro atoms. The molecular weight excluding hydrogens is 482 g/mol. The number of carbonyl (C=O) groups excluding carboxylic acids is 1. The summed E-state index contributed by atoms with van der Waals surface area (Å²) in [4.78, 5) is 21.9. The minimum Gasteiger partial charge on any atom is -0.326 e. The molecule has 12 heteroatoms. The van der Waals surface area contributed by atoms with Gasteiger partial charge in [0.1, 0.15) is 5.69 Å². The Kier molecular flexibility index (Phi) is 7.49. The maximum Gasteiger partial charge on any atom is 0.295 e. The number of nitro groups is 1. The summed E-state index contributed by atoms with van der Waals surface area (Å²) in [5.41, 5.74) is 4.15. The smallest absolute Gasteiger partial charge is 0.295 e. The van der Waals surface area contributed by atoms with Crippen molar-refractivity contribution in [2.45, 2.75) is 18.7 Å². The van der Waals surface area contributed by atoms with Crippen molar-refractivity contribution in [1.82, 2.24) is 0 Å². The number of hydrogen-bond acceptors (Lipinski definition) is 7. The number of hydrogen-bond donors (Lipinski definition) is 3. The van der Waals surface area contributed by atoms with Crippen LogP contribution in [0.25, 0.3) is 0 Å². The molecular formula is C22H20ClN5O5S.